The van der Waals surface area contributed by atoms with Crippen LogP contribution < -0.4 is 14.5 Å². The van der Waals surface area contributed by atoms with Crippen molar-refractivity contribution in [2.24, 2.45) is 0 Å². The molecule has 76 heavy (non-hydrogen) atoms. The van der Waals surface area contributed by atoms with Gasteiger partial charge in [0.05, 0.1) is 35.9 Å². The summed E-state index contributed by atoms with van der Waals surface area (Å²) in [6.07, 6.45) is 2.66. The number of aromatic nitrogens is 2. The van der Waals surface area contributed by atoms with Crippen LogP contribution in [0.4, 0.5) is 17.1 Å². The van der Waals surface area contributed by atoms with Gasteiger partial charge in [-0.1, -0.05) is 184 Å². The molecule has 1 aliphatic heterocycles. The third-order valence-corrected chi connectivity index (χ3v) is 15.0. The van der Waals surface area contributed by atoms with E-state index in [2.05, 4.69) is 189 Å². The number of ether oxygens (including phenoxy) is 1. The maximum absolute atomic E-state index is 9.08. The summed E-state index contributed by atoms with van der Waals surface area (Å²) in [6.45, 7) is 18.1. The zero-order chi connectivity index (χ0) is 59.8. The van der Waals surface area contributed by atoms with Crippen molar-refractivity contribution in [3.63, 3.8) is 0 Å². The molecule has 0 amide bonds. The Kier molecular flexibility index (Phi) is 10.9. The molecule has 0 unspecified atom stereocenters. The Labute approximate surface area is 462 Å². The first-order chi connectivity index (χ1) is 39.7. The van der Waals surface area contributed by atoms with Crippen molar-refractivity contribution in [2.45, 2.75) is 105 Å². The van der Waals surface area contributed by atoms with Crippen LogP contribution in [0.25, 0.3) is 61.0 Å². The number of pyridine rings is 1. The van der Waals surface area contributed by atoms with Crippen LogP contribution >= 0.6 is 0 Å². The highest BCUT2D eigenvalue weighted by atomic mass is 16.5. The number of rotatable bonds is 12. The van der Waals surface area contributed by atoms with Crippen LogP contribution in [0.15, 0.2) is 194 Å². The second-order valence-electron chi connectivity index (χ2n) is 23.5. The van der Waals surface area contributed by atoms with Crippen molar-refractivity contribution in [3.05, 3.63) is 228 Å². The number of fused-ring (bicyclic) bond motifs is 4. The predicted molar refractivity (Wildman–Crippen MR) is 322 cm³/mol. The molecule has 8 aromatic carbocycles. The summed E-state index contributed by atoms with van der Waals surface area (Å²) < 4.78 is 79.3. The molecule has 1 aliphatic rings. The molecule has 5 heteroatoms. The van der Waals surface area contributed by atoms with Crippen LogP contribution in [0.5, 0.6) is 5.75 Å². The molecule has 0 bridgehead atoms. The number of aryl methyl sites for hydroxylation is 1. The number of anilines is 3. The van der Waals surface area contributed by atoms with E-state index in [-0.39, 0.29) is 40.5 Å². The van der Waals surface area contributed by atoms with Crippen molar-refractivity contribution < 1.29 is 15.7 Å². The fourth-order valence-corrected chi connectivity index (χ4v) is 10.6. The van der Waals surface area contributed by atoms with E-state index in [0.717, 1.165) is 78.3 Å². The normalized spacial score (nSPS) is 14.6. The summed E-state index contributed by atoms with van der Waals surface area (Å²) in [7, 11) is 0. The van der Waals surface area contributed by atoms with Crippen molar-refractivity contribution in [3.8, 4) is 44.9 Å². The van der Waals surface area contributed by atoms with Gasteiger partial charge >= 0.3 is 0 Å². The summed E-state index contributed by atoms with van der Waals surface area (Å²) in [5.41, 5.74) is 13.9. The van der Waals surface area contributed by atoms with E-state index in [1.165, 1.54) is 11.1 Å². The topological polar surface area (TPSA) is 33.5 Å². The summed E-state index contributed by atoms with van der Waals surface area (Å²) in [4.78, 5) is 9.54. The minimum atomic E-state index is -2.55. The van der Waals surface area contributed by atoms with Gasteiger partial charge in [-0.25, -0.2) is 4.98 Å². The van der Waals surface area contributed by atoms with Gasteiger partial charge in [0.2, 0.25) is 0 Å². The average Bonchev–Trinajstić information content (AvgIpc) is 1.86. The van der Waals surface area contributed by atoms with E-state index in [4.69, 9.17) is 20.7 Å². The van der Waals surface area contributed by atoms with Gasteiger partial charge < -0.3 is 14.5 Å². The summed E-state index contributed by atoms with van der Waals surface area (Å²) >= 11 is 0. The molecular weight excluding hydrogens is 925 g/mol. The molecule has 0 saturated heterocycles. The SMILES string of the molecule is [2H]c1c([2H])c([2H])c(-c2cc(C(C)(C)C)cc(C([2H])([2H])[2H])c2CCCN2CN(c3cccc(COc4ccc5c6ccccc6n(-c6cc(C(C)(C)C)ccn6)c5c4)c3)c3ccc(-c4cc(-c5ccccc5)cc(C(C)(C)C)c4)cc32)c([2H])c1[2H]. The molecular formula is C71H72N4O. The van der Waals surface area contributed by atoms with Crippen molar-refractivity contribution in [1.82, 2.24) is 9.55 Å². The Balaban J connectivity index is 0.956. The van der Waals surface area contributed by atoms with E-state index < -0.39 is 30.4 Å². The highest BCUT2D eigenvalue weighted by molar-refractivity contribution is 6.09. The first-order valence-electron chi connectivity index (χ1n) is 30.6. The fourth-order valence-electron chi connectivity index (χ4n) is 10.6. The Morgan fingerprint density at radius 3 is 2.05 bits per heavy atom. The molecule has 0 aliphatic carbocycles. The van der Waals surface area contributed by atoms with E-state index in [1.807, 2.05) is 45.2 Å². The fraction of sp³-hybridized carbons (Fsp3) is 0.254. The number of benzene rings is 8. The number of hydrogen-bond donors (Lipinski definition) is 0. The second kappa shape index (κ2) is 20.0. The number of hydrogen-bond acceptors (Lipinski definition) is 4. The van der Waals surface area contributed by atoms with E-state index in [1.54, 1.807) is 6.07 Å². The van der Waals surface area contributed by atoms with Gasteiger partial charge in [-0.05, 0) is 163 Å². The first kappa shape index (κ1) is 41.4. The first-order valence-corrected chi connectivity index (χ1v) is 26.6. The average molecular weight is 1010 g/mol. The summed E-state index contributed by atoms with van der Waals surface area (Å²) in [6, 6.07) is 52.9. The second-order valence-corrected chi connectivity index (χ2v) is 23.5. The molecule has 0 saturated carbocycles. The highest BCUT2D eigenvalue weighted by Crippen LogP contribution is 2.45. The molecule has 3 heterocycles. The maximum Gasteiger partial charge on any atom is 0.137 e. The van der Waals surface area contributed by atoms with Gasteiger partial charge in [0, 0.05) is 39.4 Å². The molecule has 0 N–H and O–H groups in total. The van der Waals surface area contributed by atoms with E-state index in [9.17, 15) is 0 Å². The molecule has 0 radical (unpaired) electrons. The molecule has 10 aromatic rings. The lowest BCUT2D eigenvalue weighted by molar-refractivity contribution is 0.306. The lowest BCUT2D eigenvalue weighted by Gasteiger charge is -2.25. The Hall–Kier alpha value is -7.89. The van der Waals surface area contributed by atoms with Crippen molar-refractivity contribution in [2.75, 3.05) is 23.0 Å². The lowest BCUT2D eigenvalue weighted by atomic mass is 9.81. The molecule has 5 nitrogen and oxygen atoms in total. The van der Waals surface area contributed by atoms with Gasteiger partial charge in [-0.2, -0.15) is 0 Å². The third-order valence-electron chi connectivity index (χ3n) is 15.0. The minimum absolute atomic E-state index is 0.00839. The molecule has 0 spiro atoms. The lowest BCUT2D eigenvalue weighted by Crippen LogP contribution is -2.29. The summed E-state index contributed by atoms with van der Waals surface area (Å²) in [5, 5.41) is 2.26. The smallest absolute Gasteiger partial charge is 0.137 e. The quantitative estimate of drug-likeness (QED) is 0.122. The molecule has 0 fully saturated rings. The van der Waals surface area contributed by atoms with Gasteiger partial charge in [-0.15, -0.1) is 0 Å². The van der Waals surface area contributed by atoms with Gasteiger partial charge in [-0.3, -0.25) is 4.57 Å². The zero-order valence-electron chi connectivity index (χ0n) is 53.3. The number of para-hydroxylation sites is 1. The van der Waals surface area contributed by atoms with Crippen LogP contribution in [-0.2, 0) is 29.3 Å². The highest BCUT2D eigenvalue weighted by Gasteiger charge is 2.29. The Bertz CT molecular complexity index is 4140. The third kappa shape index (κ3) is 10.2. The Morgan fingerprint density at radius 1 is 0.566 bits per heavy atom. The van der Waals surface area contributed by atoms with Gasteiger partial charge in [0.1, 0.15) is 18.2 Å². The van der Waals surface area contributed by atoms with Crippen molar-refractivity contribution in [1.29, 1.82) is 0 Å². The zero-order valence-corrected chi connectivity index (χ0v) is 45.3. The van der Waals surface area contributed by atoms with E-state index in [0.29, 0.717) is 42.9 Å². The van der Waals surface area contributed by atoms with Crippen LogP contribution in [0.3, 0.4) is 0 Å². The molecule has 382 valence electrons. The molecule has 11 rings (SSSR count). The van der Waals surface area contributed by atoms with Crippen LogP contribution in [0.1, 0.15) is 113 Å². The van der Waals surface area contributed by atoms with Crippen LogP contribution in [0.2, 0.25) is 0 Å². The van der Waals surface area contributed by atoms with E-state index >= 15 is 0 Å². The standard InChI is InChI=1S/C71H72N4O/c1-48-37-56(70(5,6)7)43-63(51-24-15-12-16-25-51)60(48)28-20-36-73-47-74(65-33-30-52(42-67(65)73)54-39-53(50-22-13-11-14-23-50)40-57(41-54)71(8,9)10)58-26-19-21-49(38-58)46-76-59-31-32-62-61-27-17-18-29-64(61)75(66(62)45-59)68-44-55(34-35-72-68)69(2,3)4/h11-19,21-27,29-35,37-45H,20,28,36,46-47H2,1-10H3/i1D3,12D,15D,16D,24D,25D. The molecule has 2 aromatic heterocycles. The minimum Gasteiger partial charge on any atom is -0.489 e. The van der Waals surface area contributed by atoms with Gasteiger partial charge in [0.25, 0.3) is 0 Å². The monoisotopic (exact) mass is 1000 g/mol. The summed E-state index contributed by atoms with van der Waals surface area (Å²) in [5.74, 6) is 1.60. The van der Waals surface area contributed by atoms with Crippen LogP contribution in [-0.4, -0.2) is 22.8 Å². The maximum atomic E-state index is 9.08. The molecule has 0 atom stereocenters. The number of nitrogens with zero attached hydrogens (tertiary/aromatic N) is 4. The van der Waals surface area contributed by atoms with Crippen molar-refractivity contribution >= 4 is 38.9 Å². The largest absolute Gasteiger partial charge is 0.489 e. The Morgan fingerprint density at radius 2 is 1.29 bits per heavy atom. The van der Waals surface area contributed by atoms with Gasteiger partial charge in [0.15, 0.2) is 0 Å². The predicted octanol–water partition coefficient (Wildman–Crippen LogP) is 18.5. The van der Waals surface area contributed by atoms with Crippen LogP contribution in [0, 0.1) is 6.85 Å².